The predicted octanol–water partition coefficient (Wildman–Crippen LogP) is 2.73. The summed E-state index contributed by atoms with van der Waals surface area (Å²) in [6.45, 7) is 6.22. The van der Waals surface area contributed by atoms with Crippen LogP contribution in [0.1, 0.15) is 33.1 Å². The number of anilines is 2. The number of nitrogens with zero attached hydrogens (tertiary/aromatic N) is 2. The zero-order valence-corrected chi connectivity index (χ0v) is 13.4. The average Bonchev–Trinajstić information content (AvgIpc) is 2.66. The average molecular weight is 289 g/mol. The van der Waals surface area contributed by atoms with Gasteiger partial charge in [-0.2, -0.15) is 0 Å². The minimum Gasteiger partial charge on any atom is -0.489 e. The zero-order valence-electron chi connectivity index (χ0n) is 13.4. The molecular formula is C17H27N3O. The van der Waals surface area contributed by atoms with E-state index in [9.17, 15) is 0 Å². The van der Waals surface area contributed by atoms with Gasteiger partial charge >= 0.3 is 0 Å². The molecule has 0 amide bonds. The molecular weight excluding hydrogens is 262 g/mol. The van der Waals surface area contributed by atoms with E-state index in [1.807, 2.05) is 19.9 Å². The fourth-order valence-electron chi connectivity index (χ4n) is 3.69. The molecule has 2 heterocycles. The Bertz CT molecular complexity index is 503. The second-order valence-corrected chi connectivity index (χ2v) is 6.64. The number of likely N-dealkylation sites (N-methyl/N-ethyl adjacent to an activating group) is 1. The summed E-state index contributed by atoms with van der Waals surface area (Å²) < 4.78 is 5.83. The lowest BCUT2D eigenvalue weighted by molar-refractivity contribution is 0.244. The van der Waals surface area contributed by atoms with E-state index in [0.717, 1.165) is 36.3 Å². The Morgan fingerprint density at radius 2 is 1.95 bits per heavy atom. The van der Waals surface area contributed by atoms with Gasteiger partial charge in [0.05, 0.1) is 17.5 Å². The van der Waals surface area contributed by atoms with Gasteiger partial charge in [0.25, 0.3) is 0 Å². The number of hydrogen-bond acceptors (Lipinski definition) is 4. The van der Waals surface area contributed by atoms with Crippen molar-refractivity contribution in [3.05, 3.63) is 18.2 Å². The fraction of sp³-hybridized carbons (Fsp3) is 0.647. The SMILES string of the molecule is CC(C)Oc1cccc(N2CCC3CCC(C2)N3C)c1N. The maximum absolute atomic E-state index is 6.37. The molecule has 2 fully saturated rings. The molecule has 2 aliphatic heterocycles. The number of nitrogen functional groups attached to an aromatic ring is 1. The first-order valence-corrected chi connectivity index (χ1v) is 8.08. The summed E-state index contributed by atoms with van der Waals surface area (Å²) in [7, 11) is 2.27. The Kier molecular flexibility index (Phi) is 3.98. The predicted molar refractivity (Wildman–Crippen MR) is 88.0 cm³/mol. The monoisotopic (exact) mass is 289 g/mol. The number of nitrogens with two attached hydrogens (primary N) is 1. The second kappa shape index (κ2) is 5.76. The third-order valence-corrected chi connectivity index (χ3v) is 4.89. The number of rotatable bonds is 3. The van der Waals surface area contributed by atoms with Gasteiger partial charge < -0.3 is 15.4 Å². The molecule has 0 saturated carbocycles. The molecule has 2 atom stereocenters. The highest BCUT2D eigenvalue weighted by atomic mass is 16.5. The summed E-state index contributed by atoms with van der Waals surface area (Å²) in [5.41, 5.74) is 8.28. The van der Waals surface area contributed by atoms with Crippen LogP contribution in [0, 0.1) is 0 Å². The van der Waals surface area contributed by atoms with Crippen molar-refractivity contribution in [3.8, 4) is 5.75 Å². The largest absolute Gasteiger partial charge is 0.489 e. The molecule has 2 saturated heterocycles. The van der Waals surface area contributed by atoms with Gasteiger partial charge in [-0.3, -0.25) is 4.90 Å². The van der Waals surface area contributed by atoms with Crippen LogP contribution >= 0.6 is 0 Å². The molecule has 21 heavy (non-hydrogen) atoms. The molecule has 3 rings (SSSR count). The van der Waals surface area contributed by atoms with Crippen LogP contribution in [-0.4, -0.2) is 43.2 Å². The van der Waals surface area contributed by atoms with Gasteiger partial charge in [-0.15, -0.1) is 0 Å². The van der Waals surface area contributed by atoms with Crippen LogP contribution in [0.2, 0.25) is 0 Å². The molecule has 4 nitrogen and oxygen atoms in total. The summed E-state index contributed by atoms with van der Waals surface area (Å²) in [6.07, 6.45) is 4.02. The molecule has 0 radical (unpaired) electrons. The zero-order chi connectivity index (χ0) is 15.0. The highest BCUT2D eigenvalue weighted by molar-refractivity contribution is 5.74. The van der Waals surface area contributed by atoms with Gasteiger partial charge in [-0.05, 0) is 52.3 Å². The van der Waals surface area contributed by atoms with Crippen LogP contribution in [0.5, 0.6) is 5.75 Å². The Balaban J connectivity index is 1.83. The van der Waals surface area contributed by atoms with E-state index in [2.05, 4.69) is 29.0 Å². The van der Waals surface area contributed by atoms with E-state index in [1.165, 1.54) is 19.3 Å². The summed E-state index contributed by atoms with van der Waals surface area (Å²) in [5, 5.41) is 0. The van der Waals surface area contributed by atoms with Crippen LogP contribution in [-0.2, 0) is 0 Å². The maximum atomic E-state index is 6.37. The number of benzene rings is 1. The van der Waals surface area contributed by atoms with Crippen molar-refractivity contribution in [1.29, 1.82) is 0 Å². The third-order valence-electron chi connectivity index (χ3n) is 4.89. The topological polar surface area (TPSA) is 41.7 Å². The Morgan fingerprint density at radius 3 is 2.71 bits per heavy atom. The molecule has 116 valence electrons. The van der Waals surface area contributed by atoms with Crippen molar-refractivity contribution in [3.63, 3.8) is 0 Å². The van der Waals surface area contributed by atoms with Gasteiger partial charge in [0.2, 0.25) is 0 Å². The molecule has 2 N–H and O–H groups in total. The van der Waals surface area contributed by atoms with Crippen molar-refractivity contribution in [1.82, 2.24) is 4.90 Å². The van der Waals surface area contributed by atoms with E-state index in [0.29, 0.717) is 6.04 Å². The lowest BCUT2D eigenvalue weighted by Crippen LogP contribution is -2.36. The summed E-state index contributed by atoms with van der Waals surface area (Å²) in [6, 6.07) is 7.55. The van der Waals surface area contributed by atoms with Crippen molar-refractivity contribution in [2.45, 2.75) is 51.3 Å². The highest BCUT2D eigenvalue weighted by Crippen LogP contribution is 2.36. The smallest absolute Gasteiger partial charge is 0.144 e. The first-order chi connectivity index (χ1) is 10.1. The van der Waals surface area contributed by atoms with Crippen LogP contribution in [0.15, 0.2) is 18.2 Å². The number of hydrogen-bond donors (Lipinski definition) is 1. The normalized spacial score (nSPS) is 26.2. The Hall–Kier alpha value is -1.42. The van der Waals surface area contributed by atoms with E-state index in [-0.39, 0.29) is 6.10 Å². The molecule has 0 spiro atoms. The first kappa shape index (κ1) is 14.5. The molecule has 2 unspecified atom stereocenters. The minimum atomic E-state index is 0.147. The Labute approximate surface area is 127 Å². The molecule has 2 bridgehead atoms. The van der Waals surface area contributed by atoms with E-state index in [1.54, 1.807) is 0 Å². The lowest BCUT2D eigenvalue weighted by Gasteiger charge is -2.29. The second-order valence-electron chi connectivity index (χ2n) is 6.64. The quantitative estimate of drug-likeness (QED) is 0.869. The molecule has 1 aromatic carbocycles. The number of ether oxygens (including phenoxy) is 1. The number of para-hydroxylation sites is 1. The molecule has 0 aromatic heterocycles. The summed E-state index contributed by atoms with van der Waals surface area (Å²) in [4.78, 5) is 5.01. The standard InChI is InChI=1S/C17H27N3O/c1-12(2)21-16-6-4-5-15(17(16)18)20-10-9-13-7-8-14(11-20)19(13)3/h4-6,12-14H,7-11,18H2,1-3H3. The van der Waals surface area contributed by atoms with Crippen molar-refractivity contribution in [2.75, 3.05) is 30.8 Å². The maximum Gasteiger partial charge on any atom is 0.144 e. The minimum absolute atomic E-state index is 0.147. The van der Waals surface area contributed by atoms with Gasteiger partial charge in [0, 0.05) is 25.2 Å². The summed E-state index contributed by atoms with van der Waals surface area (Å²) in [5.74, 6) is 0.810. The van der Waals surface area contributed by atoms with E-state index < -0.39 is 0 Å². The third kappa shape index (κ3) is 2.82. The van der Waals surface area contributed by atoms with E-state index >= 15 is 0 Å². The lowest BCUT2D eigenvalue weighted by atomic mass is 10.1. The molecule has 0 aliphatic carbocycles. The van der Waals surface area contributed by atoms with Crippen molar-refractivity contribution < 1.29 is 4.74 Å². The van der Waals surface area contributed by atoms with Crippen molar-refractivity contribution >= 4 is 11.4 Å². The van der Waals surface area contributed by atoms with Crippen LogP contribution < -0.4 is 15.4 Å². The van der Waals surface area contributed by atoms with Gasteiger partial charge in [-0.1, -0.05) is 6.07 Å². The van der Waals surface area contributed by atoms with Crippen molar-refractivity contribution in [2.24, 2.45) is 0 Å². The molecule has 4 heteroatoms. The molecule has 2 aliphatic rings. The van der Waals surface area contributed by atoms with Gasteiger partial charge in [-0.25, -0.2) is 0 Å². The number of fused-ring (bicyclic) bond motifs is 2. The Morgan fingerprint density at radius 1 is 1.19 bits per heavy atom. The summed E-state index contributed by atoms with van der Waals surface area (Å²) >= 11 is 0. The van der Waals surface area contributed by atoms with Gasteiger partial charge in [0.1, 0.15) is 5.75 Å². The van der Waals surface area contributed by atoms with Crippen LogP contribution in [0.4, 0.5) is 11.4 Å². The van der Waals surface area contributed by atoms with Gasteiger partial charge in [0.15, 0.2) is 0 Å². The highest BCUT2D eigenvalue weighted by Gasteiger charge is 2.35. The fourth-order valence-corrected chi connectivity index (χ4v) is 3.69. The van der Waals surface area contributed by atoms with Crippen LogP contribution in [0.25, 0.3) is 0 Å². The van der Waals surface area contributed by atoms with Crippen LogP contribution in [0.3, 0.4) is 0 Å². The first-order valence-electron chi connectivity index (χ1n) is 8.08. The molecule has 1 aromatic rings. The van der Waals surface area contributed by atoms with E-state index in [4.69, 9.17) is 10.5 Å².